The Kier molecular flexibility index (Phi) is 5.50. The van der Waals surface area contributed by atoms with Crippen molar-refractivity contribution in [2.75, 3.05) is 38.6 Å². The molecule has 0 aliphatic heterocycles. The summed E-state index contributed by atoms with van der Waals surface area (Å²) >= 11 is 11.4. The lowest BCUT2D eigenvalue weighted by molar-refractivity contribution is 0.284. The van der Waals surface area contributed by atoms with Crippen molar-refractivity contribution in [2.45, 2.75) is 5.38 Å². The Bertz CT molecular complexity index is 365. The van der Waals surface area contributed by atoms with Crippen LogP contribution in [0.5, 0.6) is 12.0 Å². The Hall–Kier alpha value is -1.01. The lowest BCUT2D eigenvalue weighted by Crippen LogP contribution is -2.17. The lowest BCUT2D eigenvalue weighted by atomic mass is 10.5. The average Bonchev–Trinajstić information content (AvgIpc) is 2.35. The monoisotopic (exact) mass is 280 g/mol. The van der Waals surface area contributed by atoms with E-state index < -0.39 is 0 Å². The van der Waals surface area contributed by atoms with Gasteiger partial charge in [-0.3, -0.25) is 0 Å². The van der Waals surface area contributed by atoms with E-state index in [1.807, 2.05) is 14.1 Å². The standard InChI is InChI=1S/C9H14Cl2N4O2/c1-15(2)7-12-8(16-3)14-9(13-7)17-5-6(11)4-10/h6H,4-5H2,1-3H3. The van der Waals surface area contributed by atoms with Crippen molar-refractivity contribution in [3.05, 3.63) is 0 Å². The molecule has 1 aromatic rings. The number of rotatable bonds is 6. The van der Waals surface area contributed by atoms with Gasteiger partial charge in [0.15, 0.2) is 0 Å². The Labute approximate surface area is 110 Å². The molecule has 1 unspecified atom stereocenters. The number of halogens is 2. The second-order valence-electron chi connectivity index (χ2n) is 3.36. The molecule has 1 atom stereocenters. The maximum absolute atomic E-state index is 5.82. The van der Waals surface area contributed by atoms with Crippen molar-refractivity contribution in [1.82, 2.24) is 15.0 Å². The molecule has 0 bridgehead atoms. The molecule has 0 aliphatic rings. The minimum absolute atomic E-state index is 0.163. The highest BCUT2D eigenvalue weighted by atomic mass is 35.5. The van der Waals surface area contributed by atoms with Crippen LogP contribution in [0.2, 0.25) is 0 Å². The summed E-state index contributed by atoms with van der Waals surface area (Å²) in [6, 6.07) is 0.354. The highest BCUT2D eigenvalue weighted by Crippen LogP contribution is 2.14. The van der Waals surface area contributed by atoms with Crippen LogP contribution in [0, 0.1) is 0 Å². The van der Waals surface area contributed by atoms with Crippen molar-refractivity contribution < 1.29 is 9.47 Å². The number of hydrogen-bond acceptors (Lipinski definition) is 6. The van der Waals surface area contributed by atoms with Crippen LogP contribution in [0.25, 0.3) is 0 Å². The van der Waals surface area contributed by atoms with E-state index in [4.69, 9.17) is 32.7 Å². The van der Waals surface area contributed by atoms with Crippen LogP contribution < -0.4 is 14.4 Å². The van der Waals surface area contributed by atoms with Gasteiger partial charge >= 0.3 is 12.0 Å². The number of anilines is 1. The Morgan fingerprint density at radius 1 is 1.24 bits per heavy atom. The van der Waals surface area contributed by atoms with Crippen molar-refractivity contribution in [1.29, 1.82) is 0 Å². The molecule has 0 saturated heterocycles. The third kappa shape index (κ3) is 4.40. The van der Waals surface area contributed by atoms with Gasteiger partial charge in [0.05, 0.1) is 12.5 Å². The van der Waals surface area contributed by atoms with Gasteiger partial charge in [0.2, 0.25) is 5.95 Å². The van der Waals surface area contributed by atoms with Gasteiger partial charge in [0.25, 0.3) is 0 Å². The van der Waals surface area contributed by atoms with Crippen molar-refractivity contribution >= 4 is 29.2 Å². The molecule has 1 aromatic heterocycles. The van der Waals surface area contributed by atoms with Crippen LogP contribution in [0.1, 0.15) is 0 Å². The maximum atomic E-state index is 5.82. The summed E-state index contributed by atoms with van der Waals surface area (Å²) in [5.41, 5.74) is 0. The van der Waals surface area contributed by atoms with Crippen LogP contribution in [0.3, 0.4) is 0 Å². The molecule has 17 heavy (non-hydrogen) atoms. The molecule has 0 saturated carbocycles. The van der Waals surface area contributed by atoms with Crippen LogP contribution >= 0.6 is 23.2 Å². The van der Waals surface area contributed by atoms with Gasteiger partial charge in [-0.05, 0) is 0 Å². The maximum Gasteiger partial charge on any atom is 0.324 e. The summed E-state index contributed by atoms with van der Waals surface area (Å²) in [7, 11) is 5.09. The molecule has 0 radical (unpaired) electrons. The minimum Gasteiger partial charge on any atom is -0.467 e. The molecule has 96 valence electrons. The van der Waals surface area contributed by atoms with Crippen LogP contribution in [0.15, 0.2) is 0 Å². The topological polar surface area (TPSA) is 60.4 Å². The van der Waals surface area contributed by atoms with E-state index >= 15 is 0 Å². The van der Waals surface area contributed by atoms with Crippen molar-refractivity contribution in [2.24, 2.45) is 0 Å². The Morgan fingerprint density at radius 2 is 1.88 bits per heavy atom. The molecule has 1 heterocycles. The number of ether oxygens (including phenoxy) is 2. The number of nitrogens with zero attached hydrogens (tertiary/aromatic N) is 4. The second-order valence-corrected chi connectivity index (χ2v) is 4.29. The van der Waals surface area contributed by atoms with Crippen LogP contribution in [0.4, 0.5) is 5.95 Å². The Balaban J connectivity index is 2.80. The summed E-state index contributed by atoms with van der Waals surface area (Å²) in [5.74, 6) is 0.744. The minimum atomic E-state index is -0.290. The second kappa shape index (κ2) is 6.66. The van der Waals surface area contributed by atoms with Crippen molar-refractivity contribution in [3.8, 4) is 12.0 Å². The average molecular weight is 281 g/mol. The lowest BCUT2D eigenvalue weighted by Gasteiger charge is -2.12. The van der Waals surface area contributed by atoms with E-state index in [0.717, 1.165) is 0 Å². The predicted octanol–water partition coefficient (Wildman–Crippen LogP) is 1.17. The molecule has 0 aromatic carbocycles. The molecule has 1 rings (SSSR count). The zero-order valence-electron chi connectivity index (χ0n) is 9.85. The quantitative estimate of drug-likeness (QED) is 0.729. The SMILES string of the molecule is COc1nc(OCC(Cl)CCl)nc(N(C)C)n1. The molecule has 0 spiro atoms. The van der Waals surface area contributed by atoms with E-state index in [9.17, 15) is 0 Å². The number of hydrogen-bond donors (Lipinski definition) is 0. The first-order chi connectivity index (χ1) is 8.06. The molecule has 0 amide bonds. The molecule has 8 heteroatoms. The normalized spacial score (nSPS) is 12.1. The third-order valence-corrected chi connectivity index (χ3v) is 2.54. The summed E-state index contributed by atoms with van der Waals surface area (Å²) in [4.78, 5) is 13.8. The van der Waals surface area contributed by atoms with E-state index in [1.165, 1.54) is 7.11 Å². The van der Waals surface area contributed by atoms with Crippen molar-refractivity contribution in [3.63, 3.8) is 0 Å². The molecule has 6 nitrogen and oxygen atoms in total. The number of methoxy groups -OCH3 is 1. The molecular formula is C9H14Cl2N4O2. The number of aromatic nitrogens is 3. The van der Waals surface area contributed by atoms with Crippen LogP contribution in [-0.2, 0) is 0 Å². The van der Waals surface area contributed by atoms with E-state index in [0.29, 0.717) is 11.8 Å². The van der Waals surface area contributed by atoms with Gasteiger partial charge in [-0.25, -0.2) is 0 Å². The van der Waals surface area contributed by atoms with Gasteiger partial charge in [-0.1, -0.05) is 0 Å². The largest absolute Gasteiger partial charge is 0.467 e. The molecular weight excluding hydrogens is 267 g/mol. The predicted molar refractivity (Wildman–Crippen MR) is 66.6 cm³/mol. The van der Waals surface area contributed by atoms with Gasteiger partial charge in [0, 0.05) is 20.0 Å². The van der Waals surface area contributed by atoms with Gasteiger partial charge in [-0.2, -0.15) is 9.97 Å². The van der Waals surface area contributed by atoms with Gasteiger partial charge in [0.1, 0.15) is 6.61 Å². The first-order valence-corrected chi connectivity index (χ1v) is 5.84. The molecule has 0 aliphatic carbocycles. The zero-order valence-corrected chi connectivity index (χ0v) is 11.4. The summed E-state index contributed by atoms with van der Waals surface area (Å²) in [6.45, 7) is 0.227. The summed E-state index contributed by atoms with van der Waals surface area (Å²) in [6.07, 6.45) is 0. The smallest absolute Gasteiger partial charge is 0.324 e. The van der Waals surface area contributed by atoms with Gasteiger partial charge < -0.3 is 14.4 Å². The fourth-order valence-corrected chi connectivity index (χ4v) is 1.05. The zero-order chi connectivity index (χ0) is 12.8. The number of alkyl halides is 2. The van der Waals surface area contributed by atoms with Gasteiger partial charge in [-0.15, -0.1) is 28.2 Å². The summed E-state index contributed by atoms with van der Waals surface area (Å²) in [5, 5.41) is -0.290. The fourth-order valence-electron chi connectivity index (χ4n) is 0.893. The van der Waals surface area contributed by atoms with E-state index in [1.54, 1.807) is 4.90 Å². The first-order valence-electron chi connectivity index (χ1n) is 4.87. The molecule has 0 N–H and O–H groups in total. The fraction of sp³-hybridized carbons (Fsp3) is 0.667. The van der Waals surface area contributed by atoms with E-state index in [-0.39, 0.29) is 24.0 Å². The Morgan fingerprint density at radius 3 is 2.41 bits per heavy atom. The third-order valence-electron chi connectivity index (χ3n) is 1.73. The van der Waals surface area contributed by atoms with Crippen LogP contribution in [-0.4, -0.2) is 54.0 Å². The highest BCUT2D eigenvalue weighted by molar-refractivity contribution is 6.28. The highest BCUT2D eigenvalue weighted by Gasteiger charge is 2.11. The summed E-state index contributed by atoms with van der Waals surface area (Å²) < 4.78 is 10.3. The first kappa shape index (κ1) is 14.1. The molecule has 0 fully saturated rings. The van der Waals surface area contributed by atoms with E-state index in [2.05, 4.69) is 15.0 Å².